The molecule has 2 rings (SSSR count). The van der Waals surface area contributed by atoms with E-state index in [0.29, 0.717) is 19.8 Å². The average Bonchev–Trinajstić information content (AvgIpc) is 3.12. The van der Waals surface area contributed by atoms with Crippen LogP contribution in [-0.2, 0) is 25.6 Å². The van der Waals surface area contributed by atoms with Gasteiger partial charge in [-0.1, -0.05) is 0 Å². The Morgan fingerprint density at radius 2 is 1.58 bits per heavy atom. The fraction of sp³-hybridized carbons (Fsp3) is 0.250. The van der Waals surface area contributed by atoms with Crippen molar-refractivity contribution in [2.75, 3.05) is 13.2 Å². The molecule has 0 aliphatic carbocycles. The second-order valence-corrected chi connectivity index (χ2v) is 5.41. The number of carbonyl (C=O) groups excluding carboxylic acids is 2. The molecule has 6 nitrogen and oxygen atoms in total. The molecule has 136 valence electrons. The van der Waals surface area contributed by atoms with E-state index in [9.17, 15) is 9.59 Å². The zero-order valence-electron chi connectivity index (χ0n) is 14.9. The van der Waals surface area contributed by atoms with Gasteiger partial charge in [-0.05, 0) is 60.9 Å². The molecule has 0 unspecified atom stereocenters. The first-order valence-corrected chi connectivity index (χ1v) is 8.40. The van der Waals surface area contributed by atoms with Gasteiger partial charge < -0.3 is 14.0 Å². The molecule has 1 heterocycles. The molecular formula is C20H22N2O4. The van der Waals surface area contributed by atoms with Gasteiger partial charge in [-0.2, -0.15) is 0 Å². The molecule has 0 aliphatic heterocycles. The Balaban J connectivity index is 2.26. The zero-order chi connectivity index (χ0) is 18.8. The molecule has 0 amide bonds. The second-order valence-electron chi connectivity index (χ2n) is 5.41. The zero-order valence-corrected chi connectivity index (χ0v) is 14.9. The highest BCUT2D eigenvalue weighted by Crippen LogP contribution is 2.15. The highest BCUT2D eigenvalue weighted by Gasteiger charge is 2.02. The summed E-state index contributed by atoms with van der Waals surface area (Å²) >= 11 is 0. The molecule has 1 aromatic heterocycles. The molecule has 0 N–H and O–H groups in total. The Labute approximate surface area is 152 Å². The summed E-state index contributed by atoms with van der Waals surface area (Å²) in [4.78, 5) is 27.1. The second kappa shape index (κ2) is 9.98. The summed E-state index contributed by atoms with van der Waals surface area (Å²) in [5.74, 6) is -0.785. The predicted octanol–water partition coefficient (Wildman–Crippen LogP) is 3.08. The first-order valence-electron chi connectivity index (χ1n) is 8.40. The van der Waals surface area contributed by atoms with Gasteiger partial charge in [0.25, 0.3) is 0 Å². The molecule has 0 aliphatic rings. The summed E-state index contributed by atoms with van der Waals surface area (Å²) < 4.78 is 11.7. The van der Waals surface area contributed by atoms with E-state index in [2.05, 4.69) is 4.98 Å². The molecule has 0 saturated carbocycles. The maximum Gasteiger partial charge on any atom is 0.330 e. The van der Waals surface area contributed by atoms with Crippen LogP contribution in [0.2, 0.25) is 0 Å². The predicted molar refractivity (Wildman–Crippen MR) is 99.1 cm³/mol. The van der Waals surface area contributed by atoms with Crippen LogP contribution in [0.4, 0.5) is 0 Å². The lowest BCUT2D eigenvalue weighted by molar-refractivity contribution is -0.138. The normalized spacial score (nSPS) is 11.2. The third-order valence-corrected chi connectivity index (χ3v) is 3.36. The molecule has 0 atom stereocenters. The van der Waals surface area contributed by atoms with Crippen molar-refractivity contribution in [3.05, 3.63) is 65.8 Å². The van der Waals surface area contributed by atoms with Crippen molar-refractivity contribution in [3.63, 3.8) is 0 Å². The minimum Gasteiger partial charge on any atom is -0.463 e. The maximum atomic E-state index is 11.5. The largest absolute Gasteiger partial charge is 0.463 e. The standard InChI is InChI=1S/C20H22N2O4/c1-3-25-19(23)7-5-16-11-17(6-8-20(24)26-4-2)13-18(12-16)14-22-10-9-21-15-22/h5-13,15H,3-4,14H2,1-2H3/b7-5+,8-6?. The Morgan fingerprint density at radius 3 is 2.04 bits per heavy atom. The Bertz CT molecular complexity index is 746. The third kappa shape index (κ3) is 6.39. The summed E-state index contributed by atoms with van der Waals surface area (Å²) in [7, 11) is 0. The fourth-order valence-electron chi connectivity index (χ4n) is 2.33. The molecule has 2 aromatic rings. The SMILES string of the molecule is CCOC(=O)C=Cc1cc(/C=C/C(=O)OCC)cc(Cn2ccnc2)c1. The first kappa shape index (κ1) is 19.2. The number of esters is 2. The quantitative estimate of drug-likeness (QED) is 0.538. The summed E-state index contributed by atoms with van der Waals surface area (Å²) in [6.07, 6.45) is 11.5. The van der Waals surface area contributed by atoms with Gasteiger partial charge in [-0.15, -0.1) is 0 Å². The van der Waals surface area contributed by atoms with Crippen LogP contribution in [0.5, 0.6) is 0 Å². The molecule has 0 radical (unpaired) electrons. The van der Waals surface area contributed by atoms with Crippen LogP contribution in [-0.4, -0.2) is 34.7 Å². The topological polar surface area (TPSA) is 70.4 Å². The van der Waals surface area contributed by atoms with Gasteiger partial charge in [0.05, 0.1) is 19.5 Å². The number of carbonyl (C=O) groups is 2. The van der Waals surface area contributed by atoms with Gasteiger partial charge >= 0.3 is 11.9 Å². The highest BCUT2D eigenvalue weighted by atomic mass is 16.5. The number of benzene rings is 1. The lowest BCUT2D eigenvalue weighted by atomic mass is 10.0. The van der Waals surface area contributed by atoms with E-state index in [1.165, 1.54) is 12.2 Å². The summed E-state index contributed by atoms with van der Waals surface area (Å²) in [5, 5.41) is 0. The Morgan fingerprint density at radius 1 is 1.00 bits per heavy atom. The van der Waals surface area contributed by atoms with Crippen LogP contribution in [0.25, 0.3) is 12.2 Å². The third-order valence-electron chi connectivity index (χ3n) is 3.36. The average molecular weight is 354 g/mol. The molecule has 6 heteroatoms. The summed E-state index contributed by atoms with van der Waals surface area (Å²) in [6, 6.07) is 5.82. The lowest BCUT2D eigenvalue weighted by Gasteiger charge is -2.07. The number of hydrogen-bond acceptors (Lipinski definition) is 5. The van der Waals surface area contributed by atoms with Gasteiger partial charge in [-0.3, -0.25) is 0 Å². The van der Waals surface area contributed by atoms with Crippen LogP contribution in [0, 0.1) is 0 Å². The van der Waals surface area contributed by atoms with Gasteiger partial charge in [0, 0.05) is 31.1 Å². The van der Waals surface area contributed by atoms with Crippen molar-refractivity contribution in [1.29, 1.82) is 0 Å². The summed E-state index contributed by atoms with van der Waals surface area (Å²) in [6.45, 7) is 4.81. The molecule has 0 spiro atoms. The van der Waals surface area contributed by atoms with Crippen LogP contribution < -0.4 is 0 Å². The van der Waals surface area contributed by atoms with E-state index < -0.39 is 11.9 Å². The number of hydrogen-bond donors (Lipinski definition) is 0. The molecule has 26 heavy (non-hydrogen) atoms. The van der Waals surface area contributed by atoms with Crippen molar-refractivity contribution in [3.8, 4) is 0 Å². The minimum absolute atomic E-state index is 0.331. The molecule has 0 bridgehead atoms. The van der Waals surface area contributed by atoms with Crippen molar-refractivity contribution in [2.45, 2.75) is 20.4 Å². The van der Waals surface area contributed by atoms with Crippen LogP contribution in [0.3, 0.4) is 0 Å². The minimum atomic E-state index is -0.392. The molecule has 0 fully saturated rings. The Kier molecular flexibility index (Phi) is 7.36. The molecule has 0 saturated heterocycles. The summed E-state index contributed by atoms with van der Waals surface area (Å²) in [5.41, 5.74) is 2.68. The van der Waals surface area contributed by atoms with E-state index in [-0.39, 0.29) is 0 Å². The number of imidazole rings is 1. The number of ether oxygens (including phenoxy) is 2. The Hall–Kier alpha value is -3.15. The molecular weight excluding hydrogens is 332 g/mol. The number of nitrogens with zero attached hydrogens (tertiary/aromatic N) is 2. The van der Waals surface area contributed by atoms with E-state index in [1.807, 2.05) is 29.0 Å². The van der Waals surface area contributed by atoms with E-state index in [4.69, 9.17) is 9.47 Å². The monoisotopic (exact) mass is 354 g/mol. The van der Waals surface area contributed by atoms with E-state index in [0.717, 1.165) is 16.7 Å². The number of aromatic nitrogens is 2. The van der Waals surface area contributed by atoms with Crippen molar-refractivity contribution >= 4 is 24.1 Å². The van der Waals surface area contributed by atoms with Gasteiger partial charge in [0.15, 0.2) is 0 Å². The fourth-order valence-corrected chi connectivity index (χ4v) is 2.33. The maximum absolute atomic E-state index is 11.5. The van der Waals surface area contributed by atoms with Gasteiger partial charge in [-0.25, -0.2) is 14.6 Å². The van der Waals surface area contributed by atoms with Gasteiger partial charge in [0.1, 0.15) is 0 Å². The van der Waals surface area contributed by atoms with Crippen molar-refractivity contribution in [1.82, 2.24) is 9.55 Å². The smallest absolute Gasteiger partial charge is 0.330 e. The molecule has 1 aromatic carbocycles. The van der Waals surface area contributed by atoms with Crippen molar-refractivity contribution in [2.24, 2.45) is 0 Å². The van der Waals surface area contributed by atoms with Gasteiger partial charge in [0.2, 0.25) is 0 Å². The van der Waals surface area contributed by atoms with Crippen LogP contribution in [0.15, 0.2) is 49.1 Å². The first-order chi connectivity index (χ1) is 12.6. The number of rotatable bonds is 8. The lowest BCUT2D eigenvalue weighted by Crippen LogP contribution is -2.00. The van der Waals surface area contributed by atoms with E-state index in [1.54, 1.807) is 38.5 Å². The van der Waals surface area contributed by atoms with Crippen molar-refractivity contribution < 1.29 is 19.1 Å². The van der Waals surface area contributed by atoms with Crippen LogP contribution in [0.1, 0.15) is 30.5 Å². The van der Waals surface area contributed by atoms with E-state index >= 15 is 0 Å². The highest BCUT2D eigenvalue weighted by molar-refractivity contribution is 5.88. The van der Waals surface area contributed by atoms with Crippen LogP contribution >= 0.6 is 0 Å².